The van der Waals surface area contributed by atoms with Crippen molar-refractivity contribution in [3.63, 3.8) is 0 Å². The van der Waals surface area contributed by atoms with Crippen LogP contribution in [0.3, 0.4) is 0 Å². The molecule has 0 spiro atoms. The molecule has 0 bridgehead atoms. The quantitative estimate of drug-likeness (QED) is 0.407. The summed E-state index contributed by atoms with van der Waals surface area (Å²) in [5.41, 5.74) is 0.741. The van der Waals surface area contributed by atoms with E-state index in [4.69, 9.17) is 0 Å². The molecule has 1 aromatic rings. The van der Waals surface area contributed by atoms with Gasteiger partial charge in [-0.25, -0.2) is 0 Å². The maximum atomic E-state index is 11.9. The fourth-order valence-electron chi connectivity index (χ4n) is 2.56. The minimum atomic E-state index is -0.455. The van der Waals surface area contributed by atoms with E-state index < -0.39 is 4.92 Å². The molecule has 1 heterocycles. The Morgan fingerprint density at radius 2 is 1.91 bits per heavy atom. The van der Waals surface area contributed by atoms with Gasteiger partial charge in [-0.1, -0.05) is 39.5 Å². The third kappa shape index (κ3) is 6.38. The van der Waals surface area contributed by atoms with E-state index in [0.717, 1.165) is 18.8 Å². The van der Waals surface area contributed by atoms with Crippen molar-refractivity contribution in [1.82, 2.24) is 15.1 Å². The Balaban J connectivity index is 2.30. The molecule has 7 heteroatoms. The van der Waals surface area contributed by atoms with Gasteiger partial charge < -0.3 is 5.32 Å². The molecule has 0 fully saturated rings. The Morgan fingerprint density at radius 3 is 2.48 bits per heavy atom. The zero-order chi connectivity index (χ0) is 17.4. The van der Waals surface area contributed by atoms with E-state index in [0.29, 0.717) is 17.9 Å². The first kappa shape index (κ1) is 19.1. The summed E-state index contributed by atoms with van der Waals surface area (Å²) in [7, 11) is 0. The van der Waals surface area contributed by atoms with Gasteiger partial charge in [-0.15, -0.1) is 0 Å². The van der Waals surface area contributed by atoms with Crippen LogP contribution in [0.4, 0.5) is 5.69 Å². The third-order valence-corrected chi connectivity index (χ3v) is 3.85. The Kier molecular flexibility index (Phi) is 7.71. The number of hydrogen-bond donors (Lipinski definition) is 1. The summed E-state index contributed by atoms with van der Waals surface area (Å²) >= 11 is 0. The second-order valence-corrected chi connectivity index (χ2v) is 6.38. The van der Waals surface area contributed by atoms with Gasteiger partial charge in [0.05, 0.1) is 4.92 Å². The van der Waals surface area contributed by atoms with Crippen molar-refractivity contribution in [2.45, 2.75) is 66.3 Å². The first-order valence-corrected chi connectivity index (χ1v) is 8.28. The second-order valence-electron chi connectivity index (χ2n) is 6.38. The van der Waals surface area contributed by atoms with Crippen molar-refractivity contribution in [1.29, 1.82) is 0 Å². The molecule has 0 saturated heterocycles. The van der Waals surface area contributed by atoms with Crippen LogP contribution >= 0.6 is 0 Å². The normalized spacial score (nSPS) is 11.0. The summed E-state index contributed by atoms with van der Waals surface area (Å²) in [4.78, 5) is 22.4. The number of carbonyl (C=O) groups excluding carboxylic acids is 1. The summed E-state index contributed by atoms with van der Waals surface area (Å²) in [6.07, 6.45) is 5.75. The Labute approximate surface area is 137 Å². The third-order valence-electron chi connectivity index (χ3n) is 3.85. The van der Waals surface area contributed by atoms with Gasteiger partial charge >= 0.3 is 5.69 Å². The van der Waals surface area contributed by atoms with E-state index in [1.54, 1.807) is 13.8 Å². The van der Waals surface area contributed by atoms with Crippen LogP contribution in [0.2, 0.25) is 0 Å². The number of amides is 1. The number of aromatic nitrogens is 2. The van der Waals surface area contributed by atoms with Gasteiger partial charge in [-0.05, 0) is 26.2 Å². The molecule has 0 radical (unpaired) electrons. The van der Waals surface area contributed by atoms with Crippen molar-refractivity contribution in [3.8, 4) is 0 Å². The lowest BCUT2D eigenvalue weighted by atomic mass is 10.0. The lowest BCUT2D eigenvalue weighted by molar-refractivity contribution is -0.386. The predicted octanol–water partition coefficient (Wildman–Crippen LogP) is 3.13. The molecule has 1 aromatic heterocycles. The zero-order valence-corrected chi connectivity index (χ0v) is 14.6. The van der Waals surface area contributed by atoms with Crippen LogP contribution in [0.25, 0.3) is 0 Å². The Bertz CT molecular complexity index is 538. The van der Waals surface area contributed by atoms with Crippen molar-refractivity contribution in [3.05, 3.63) is 21.5 Å². The van der Waals surface area contributed by atoms with Crippen molar-refractivity contribution < 1.29 is 9.72 Å². The van der Waals surface area contributed by atoms with E-state index >= 15 is 0 Å². The minimum Gasteiger partial charge on any atom is -0.354 e. The number of nitrogens with one attached hydrogen (secondary N) is 1. The number of aryl methyl sites for hydroxylation is 1. The van der Waals surface area contributed by atoms with Crippen LogP contribution in [-0.2, 0) is 11.3 Å². The molecule has 1 amide bonds. The molecule has 0 aliphatic heterocycles. The number of unbranched alkanes of at least 4 members (excludes halogenated alkanes) is 3. The van der Waals surface area contributed by atoms with Gasteiger partial charge in [0.2, 0.25) is 5.91 Å². The van der Waals surface area contributed by atoms with E-state index in [2.05, 4.69) is 24.3 Å². The fraction of sp³-hybridized carbons (Fsp3) is 0.750. The second kappa shape index (κ2) is 9.27. The van der Waals surface area contributed by atoms with E-state index in [9.17, 15) is 14.9 Å². The minimum absolute atomic E-state index is 0.0112. The molecule has 0 saturated carbocycles. The van der Waals surface area contributed by atoms with Crippen LogP contribution < -0.4 is 5.32 Å². The van der Waals surface area contributed by atoms with Gasteiger partial charge in [-0.3, -0.25) is 19.6 Å². The van der Waals surface area contributed by atoms with Crippen LogP contribution in [0.1, 0.15) is 57.3 Å². The highest BCUT2D eigenvalue weighted by Crippen LogP contribution is 2.21. The molecule has 1 N–H and O–H groups in total. The average Bonchev–Trinajstić information content (AvgIpc) is 2.71. The molecular weight excluding hydrogens is 296 g/mol. The first-order valence-electron chi connectivity index (χ1n) is 8.28. The molecule has 7 nitrogen and oxygen atoms in total. The highest BCUT2D eigenvalue weighted by Gasteiger charge is 2.22. The lowest BCUT2D eigenvalue weighted by Gasteiger charge is -2.07. The molecule has 23 heavy (non-hydrogen) atoms. The number of carbonyl (C=O) groups is 1. The highest BCUT2D eigenvalue weighted by molar-refractivity contribution is 5.75. The molecule has 0 aliphatic carbocycles. The van der Waals surface area contributed by atoms with Crippen LogP contribution in [0.5, 0.6) is 0 Å². The highest BCUT2D eigenvalue weighted by atomic mass is 16.6. The van der Waals surface area contributed by atoms with Crippen LogP contribution in [0, 0.1) is 29.9 Å². The van der Waals surface area contributed by atoms with Gasteiger partial charge in [0, 0.05) is 6.54 Å². The maximum absolute atomic E-state index is 11.9. The maximum Gasteiger partial charge on any atom is 0.312 e. The van der Waals surface area contributed by atoms with Crippen molar-refractivity contribution in [2.24, 2.45) is 5.92 Å². The largest absolute Gasteiger partial charge is 0.354 e. The zero-order valence-electron chi connectivity index (χ0n) is 14.6. The molecule has 130 valence electrons. The van der Waals surface area contributed by atoms with Gasteiger partial charge in [0.15, 0.2) is 0 Å². The summed E-state index contributed by atoms with van der Waals surface area (Å²) in [6.45, 7) is 8.31. The molecule has 1 rings (SSSR count). The topological polar surface area (TPSA) is 90.1 Å². The van der Waals surface area contributed by atoms with Gasteiger partial charge in [0.1, 0.15) is 17.9 Å². The van der Waals surface area contributed by atoms with Crippen LogP contribution in [-0.4, -0.2) is 27.2 Å². The number of nitrogens with zero attached hydrogens (tertiary/aromatic N) is 3. The molecule has 0 aliphatic rings. The lowest BCUT2D eigenvalue weighted by Crippen LogP contribution is -2.29. The molecule has 0 unspecified atom stereocenters. The van der Waals surface area contributed by atoms with E-state index in [1.165, 1.54) is 23.9 Å². The van der Waals surface area contributed by atoms with Crippen molar-refractivity contribution >= 4 is 11.6 Å². The summed E-state index contributed by atoms with van der Waals surface area (Å²) in [5, 5.41) is 17.8. The smallest absolute Gasteiger partial charge is 0.312 e. The van der Waals surface area contributed by atoms with E-state index in [-0.39, 0.29) is 18.1 Å². The summed E-state index contributed by atoms with van der Waals surface area (Å²) < 4.78 is 1.39. The molecular formula is C16H28N4O3. The molecule has 0 aromatic carbocycles. The monoisotopic (exact) mass is 324 g/mol. The SMILES string of the molecule is Cc1nn(CC(=O)NCCCCCCC(C)C)c(C)c1[N+](=O)[O-]. The van der Waals surface area contributed by atoms with Gasteiger partial charge in [0.25, 0.3) is 0 Å². The predicted molar refractivity (Wildman–Crippen MR) is 89.3 cm³/mol. The molecule has 0 atom stereocenters. The number of rotatable bonds is 10. The van der Waals surface area contributed by atoms with Crippen molar-refractivity contribution in [2.75, 3.05) is 6.54 Å². The van der Waals surface area contributed by atoms with E-state index in [1.807, 2.05) is 0 Å². The Morgan fingerprint density at radius 1 is 1.26 bits per heavy atom. The Hall–Kier alpha value is -1.92. The number of hydrogen-bond acceptors (Lipinski definition) is 4. The standard InChI is InChI=1S/C16H28N4O3/c1-12(2)9-7-5-6-8-10-17-15(21)11-19-14(4)16(20(22)23)13(3)18-19/h12H,5-11H2,1-4H3,(H,17,21). The first-order chi connectivity index (χ1) is 10.8. The summed E-state index contributed by atoms with van der Waals surface area (Å²) in [5.74, 6) is 0.590. The average molecular weight is 324 g/mol. The van der Waals surface area contributed by atoms with Gasteiger partial charge in [-0.2, -0.15) is 5.10 Å². The summed E-state index contributed by atoms with van der Waals surface area (Å²) in [6, 6.07) is 0. The fourth-order valence-corrected chi connectivity index (χ4v) is 2.56. The number of nitro groups is 1. The van der Waals surface area contributed by atoms with Crippen LogP contribution in [0.15, 0.2) is 0 Å².